The van der Waals surface area contributed by atoms with Gasteiger partial charge in [-0.3, -0.25) is 9.52 Å². The van der Waals surface area contributed by atoms with Crippen molar-refractivity contribution in [1.29, 1.82) is 0 Å². The summed E-state index contributed by atoms with van der Waals surface area (Å²) in [7, 11) is -3.82. The number of benzene rings is 1. The molecule has 2 rings (SSSR count). The summed E-state index contributed by atoms with van der Waals surface area (Å²) in [6.45, 7) is 0. The Morgan fingerprint density at radius 1 is 1.20 bits per heavy atom. The zero-order valence-electron chi connectivity index (χ0n) is 9.95. The van der Waals surface area contributed by atoms with Gasteiger partial charge in [-0.25, -0.2) is 13.4 Å². The number of primary amides is 1. The van der Waals surface area contributed by atoms with Gasteiger partial charge in [0.15, 0.2) is 0 Å². The van der Waals surface area contributed by atoms with Crippen molar-refractivity contribution in [2.45, 2.75) is 4.90 Å². The molecule has 0 aliphatic heterocycles. The highest BCUT2D eigenvalue weighted by Crippen LogP contribution is 2.15. The summed E-state index contributed by atoms with van der Waals surface area (Å²) in [6.07, 6.45) is 1.32. The van der Waals surface area contributed by atoms with Gasteiger partial charge in [-0.05, 0) is 41.9 Å². The molecular weight excluding hydrogens is 304 g/mol. The number of carbonyl (C=O) groups is 1. The standard InChI is InChI=1S/C11H9ClN4O3S/c12-11-14-6-5-9(15-11)16-20(18,19)8-3-1-7(2-4-8)10(13)17/h1-6H,(H2,13,17)(H,14,15,16). The molecule has 1 aromatic carbocycles. The van der Waals surface area contributed by atoms with Crippen LogP contribution < -0.4 is 10.5 Å². The molecule has 2 aromatic rings. The van der Waals surface area contributed by atoms with Gasteiger partial charge in [-0.2, -0.15) is 4.98 Å². The van der Waals surface area contributed by atoms with Crippen LogP contribution in [0.4, 0.5) is 5.82 Å². The van der Waals surface area contributed by atoms with Crippen LogP contribution in [-0.2, 0) is 10.0 Å². The monoisotopic (exact) mass is 312 g/mol. The van der Waals surface area contributed by atoms with Crippen LogP contribution in [0.25, 0.3) is 0 Å². The number of halogens is 1. The molecular formula is C11H9ClN4O3S. The number of anilines is 1. The number of aromatic nitrogens is 2. The van der Waals surface area contributed by atoms with Crippen molar-refractivity contribution in [2.75, 3.05) is 4.72 Å². The van der Waals surface area contributed by atoms with Crippen molar-refractivity contribution in [3.63, 3.8) is 0 Å². The molecule has 3 N–H and O–H groups in total. The molecule has 0 saturated heterocycles. The molecule has 0 atom stereocenters. The number of nitrogens with one attached hydrogen (secondary N) is 1. The predicted molar refractivity (Wildman–Crippen MR) is 72.8 cm³/mol. The summed E-state index contributed by atoms with van der Waals surface area (Å²) < 4.78 is 26.4. The highest BCUT2D eigenvalue weighted by atomic mass is 35.5. The summed E-state index contributed by atoms with van der Waals surface area (Å²) in [5.41, 5.74) is 5.29. The number of amides is 1. The number of nitrogens with two attached hydrogens (primary N) is 1. The molecule has 0 spiro atoms. The summed E-state index contributed by atoms with van der Waals surface area (Å²) >= 11 is 5.57. The molecule has 1 aromatic heterocycles. The summed E-state index contributed by atoms with van der Waals surface area (Å²) in [5.74, 6) is -0.589. The number of hydrogen-bond donors (Lipinski definition) is 2. The van der Waals surface area contributed by atoms with E-state index in [-0.39, 0.29) is 21.6 Å². The molecule has 0 aliphatic carbocycles. The maximum Gasteiger partial charge on any atom is 0.263 e. The summed E-state index contributed by atoms with van der Waals surface area (Å²) in [6, 6.07) is 6.55. The molecule has 0 saturated carbocycles. The third-order valence-corrected chi connectivity index (χ3v) is 3.87. The van der Waals surface area contributed by atoms with Crippen molar-refractivity contribution in [3.05, 3.63) is 47.4 Å². The zero-order chi connectivity index (χ0) is 14.8. The van der Waals surface area contributed by atoms with E-state index < -0.39 is 15.9 Å². The summed E-state index contributed by atoms with van der Waals surface area (Å²) in [5, 5.41) is -0.0747. The van der Waals surface area contributed by atoms with E-state index in [0.717, 1.165) is 0 Å². The molecule has 20 heavy (non-hydrogen) atoms. The van der Waals surface area contributed by atoms with Gasteiger partial charge in [0.05, 0.1) is 4.90 Å². The van der Waals surface area contributed by atoms with Crippen molar-refractivity contribution in [3.8, 4) is 0 Å². The Hall–Kier alpha value is -2.19. The minimum atomic E-state index is -3.82. The van der Waals surface area contributed by atoms with Crippen LogP contribution >= 0.6 is 11.6 Å². The van der Waals surface area contributed by atoms with Gasteiger partial charge in [-0.1, -0.05) is 0 Å². The van der Waals surface area contributed by atoms with E-state index in [1.807, 2.05) is 0 Å². The molecule has 1 heterocycles. The lowest BCUT2D eigenvalue weighted by molar-refractivity contribution is 0.1000. The minimum Gasteiger partial charge on any atom is -0.366 e. The van der Waals surface area contributed by atoms with E-state index >= 15 is 0 Å². The van der Waals surface area contributed by atoms with Crippen LogP contribution in [0.15, 0.2) is 41.4 Å². The third-order valence-electron chi connectivity index (χ3n) is 2.31. The number of nitrogens with zero attached hydrogens (tertiary/aromatic N) is 2. The second kappa shape index (κ2) is 5.43. The molecule has 104 valence electrons. The fourth-order valence-electron chi connectivity index (χ4n) is 1.39. The van der Waals surface area contributed by atoms with Gasteiger partial charge < -0.3 is 5.73 Å². The molecule has 0 radical (unpaired) electrons. The Labute approximate surface area is 119 Å². The lowest BCUT2D eigenvalue weighted by Crippen LogP contribution is -2.15. The Balaban J connectivity index is 2.28. The fraction of sp³-hybridized carbons (Fsp3) is 0. The van der Waals surface area contributed by atoms with Crippen LogP contribution in [0.1, 0.15) is 10.4 Å². The fourth-order valence-corrected chi connectivity index (χ4v) is 2.54. The first-order valence-corrected chi connectivity index (χ1v) is 7.16. The first-order chi connectivity index (χ1) is 9.38. The molecule has 0 bridgehead atoms. The van der Waals surface area contributed by atoms with Crippen molar-refractivity contribution >= 4 is 33.3 Å². The predicted octanol–water partition coefficient (Wildman–Crippen LogP) is 1.03. The van der Waals surface area contributed by atoms with Crippen LogP contribution in [-0.4, -0.2) is 24.3 Å². The lowest BCUT2D eigenvalue weighted by Gasteiger charge is -2.07. The first kappa shape index (κ1) is 14.2. The van der Waals surface area contributed by atoms with Gasteiger partial charge in [0.1, 0.15) is 5.82 Å². The quantitative estimate of drug-likeness (QED) is 0.818. The van der Waals surface area contributed by atoms with Crippen LogP contribution in [0, 0.1) is 0 Å². The number of hydrogen-bond acceptors (Lipinski definition) is 5. The average Bonchev–Trinajstić information content (AvgIpc) is 2.38. The second-order valence-electron chi connectivity index (χ2n) is 3.71. The zero-order valence-corrected chi connectivity index (χ0v) is 11.5. The first-order valence-electron chi connectivity index (χ1n) is 5.30. The van der Waals surface area contributed by atoms with E-state index in [9.17, 15) is 13.2 Å². The highest BCUT2D eigenvalue weighted by molar-refractivity contribution is 7.92. The average molecular weight is 313 g/mol. The molecule has 9 heteroatoms. The normalized spacial score (nSPS) is 11.1. The van der Waals surface area contributed by atoms with Gasteiger partial charge in [0.25, 0.3) is 10.0 Å². The molecule has 0 unspecified atom stereocenters. The van der Waals surface area contributed by atoms with Crippen LogP contribution in [0.2, 0.25) is 5.28 Å². The molecule has 0 aliphatic rings. The smallest absolute Gasteiger partial charge is 0.263 e. The molecule has 7 nitrogen and oxygen atoms in total. The topological polar surface area (TPSA) is 115 Å². The van der Waals surface area contributed by atoms with Gasteiger partial charge in [-0.15, -0.1) is 0 Å². The van der Waals surface area contributed by atoms with E-state index in [0.29, 0.717) is 0 Å². The Morgan fingerprint density at radius 3 is 2.40 bits per heavy atom. The largest absolute Gasteiger partial charge is 0.366 e. The van der Waals surface area contributed by atoms with E-state index in [1.165, 1.54) is 36.5 Å². The van der Waals surface area contributed by atoms with Gasteiger partial charge in [0, 0.05) is 11.8 Å². The molecule has 1 amide bonds. The van der Waals surface area contributed by atoms with Crippen molar-refractivity contribution < 1.29 is 13.2 Å². The maximum absolute atomic E-state index is 12.1. The Morgan fingerprint density at radius 2 is 1.85 bits per heavy atom. The second-order valence-corrected chi connectivity index (χ2v) is 5.73. The van der Waals surface area contributed by atoms with Crippen LogP contribution in [0.3, 0.4) is 0 Å². The Bertz CT molecular complexity index is 747. The Kier molecular flexibility index (Phi) is 3.86. The van der Waals surface area contributed by atoms with E-state index in [4.69, 9.17) is 17.3 Å². The third kappa shape index (κ3) is 3.22. The van der Waals surface area contributed by atoms with Gasteiger partial charge >= 0.3 is 0 Å². The van der Waals surface area contributed by atoms with Crippen LogP contribution in [0.5, 0.6) is 0 Å². The van der Waals surface area contributed by atoms with E-state index in [1.54, 1.807) is 0 Å². The number of carbonyl (C=O) groups excluding carboxylic acids is 1. The summed E-state index contributed by atoms with van der Waals surface area (Å²) in [4.78, 5) is 18.2. The lowest BCUT2D eigenvalue weighted by atomic mass is 10.2. The van der Waals surface area contributed by atoms with E-state index in [2.05, 4.69) is 14.7 Å². The van der Waals surface area contributed by atoms with Crippen molar-refractivity contribution in [1.82, 2.24) is 9.97 Å². The highest BCUT2D eigenvalue weighted by Gasteiger charge is 2.15. The maximum atomic E-state index is 12.1. The van der Waals surface area contributed by atoms with Crippen molar-refractivity contribution in [2.24, 2.45) is 5.73 Å². The minimum absolute atomic E-state index is 0.0303. The SMILES string of the molecule is NC(=O)c1ccc(S(=O)(=O)Nc2ccnc(Cl)n2)cc1. The number of rotatable bonds is 4. The number of sulfonamides is 1. The molecule has 0 fully saturated rings. The van der Waals surface area contributed by atoms with Gasteiger partial charge in [0.2, 0.25) is 11.2 Å².